The zero-order valence-corrected chi connectivity index (χ0v) is 20.9. The van der Waals surface area contributed by atoms with Crippen LogP contribution in [0.15, 0.2) is 53.5 Å². The topological polar surface area (TPSA) is 59.9 Å². The monoisotopic (exact) mass is 476 g/mol. The van der Waals surface area contributed by atoms with Gasteiger partial charge in [0.25, 0.3) is 5.91 Å². The zero-order valence-electron chi connectivity index (χ0n) is 20.1. The number of ether oxygens (including phenoxy) is 2. The smallest absolute Gasteiger partial charge is 0.259 e. The second-order valence-corrected chi connectivity index (χ2v) is 9.84. The lowest BCUT2D eigenvalue weighted by atomic mass is 9.96. The summed E-state index contributed by atoms with van der Waals surface area (Å²) in [6.07, 6.45) is 8.51. The Bertz CT molecular complexity index is 1150. The minimum atomic E-state index is -0.0883. The number of benzene rings is 2. The molecular weight excluding hydrogens is 444 g/mol. The van der Waals surface area contributed by atoms with Gasteiger partial charge in [0.2, 0.25) is 0 Å². The van der Waals surface area contributed by atoms with Gasteiger partial charge in [-0.05, 0) is 81.0 Å². The summed E-state index contributed by atoms with van der Waals surface area (Å²) in [5.74, 6) is 1.28. The second-order valence-electron chi connectivity index (χ2n) is 8.75. The molecule has 1 N–H and O–H groups in total. The number of nitrogens with zero attached hydrogens (tertiary/aromatic N) is 1. The molecule has 1 aliphatic carbocycles. The van der Waals surface area contributed by atoms with Gasteiger partial charge in [-0.3, -0.25) is 4.79 Å². The van der Waals surface area contributed by atoms with Crippen molar-refractivity contribution in [1.29, 1.82) is 0 Å². The minimum Gasteiger partial charge on any atom is -0.493 e. The van der Waals surface area contributed by atoms with Crippen molar-refractivity contribution in [3.8, 4) is 11.5 Å². The highest BCUT2D eigenvalue weighted by Crippen LogP contribution is 2.39. The Balaban J connectivity index is 1.67. The van der Waals surface area contributed by atoms with E-state index >= 15 is 0 Å². The average Bonchev–Trinajstić information content (AvgIpc) is 3.15. The van der Waals surface area contributed by atoms with Gasteiger partial charge in [0, 0.05) is 16.8 Å². The molecule has 0 saturated heterocycles. The number of thiophene rings is 1. The predicted octanol–water partition coefficient (Wildman–Crippen LogP) is 7.21. The van der Waals surface area contributed by atoms with Crippen molar-refractivity contribution >= 4 is 34.1 Å². The van der Waals surface area contributed by atoms with Crippen molar-refractivity contribution in [2.24, 2.45) is 4.99 Å². The number of carbonyl (C=O) groups is 1. The molecule has 0 radical (unpaired) electrons. The Morgan fingerprint density at radius 2 is 1.79 bits per heavy atom. The first-order valence-corrected chi connectivity index (χ1v) is 12.8. The lowest BCUT2D eigenvalue weighted by molar-refractivity contribution is 0.102. The number of fused-ring (bicyclic) bond motifs is 1. The van der Waals surface area contributed by atoms with Crippen molar-refractivity contribution in [2.75, 3.05) is 12.4 Å². The van der Waals surface area contributed by atoms with Gasteiger partial charge >= 0.3 is 0 Å². The number of para-hydroxylation sites is 1. The number of amides is 1. The Kier molecular flexibility index (Phi) is 8.01. The number of methoxy groups -OCH3 is 1. The van der Waals surface area contributed by atoms with Crippen LogP contribution >= 0.6 is 11.3 Å². The van der Waals surface area contributed by atoms with E-state index in [0.29, 0.717) is 17.1 Å². The van der Waals surface area contributed by atoms with E-state index in [9.17, 15) is 4.79 Å². The van der Waals surface area contributed by atoms with Gasteiger partial charge in [0.05, 0.1) is 18.8 Å². The Hall–Kier alpha value is -3.12. The summed E-state index contributed by atoms with van der Waals surface area (Å²) in [5, 5.41) is 3.84. The zero-order chi connectivity index (χ0) is 23.9. The first kappa shape index (κ1) is 24.0. The van der Waals surface area contributed by atoms with E-state index in [1.54, 1.807) is 24.7 Å². The van der Waals surface area contributed by atoms with Crippen molar-refractivity contribution in [3.05, 3.63) is 70.1 Å². The summed E-state index contributed by atoms with van der Waals surface area (Å²) < 4.78 is 11.3. The molecule has 1 aliphatic rings. The van der Waals surface area contributed by atoms with E-state index in [0.717, 1.165) is 41.9 Å². The molecule has 34 heavy (non-hydrogen) atoms. The largest absolute Gasteiger partial charge is 0.493 e. The number of carbonyl (C=O) groups excluding carboxylic acids is 1. The van der Waals surface area contributed by atoms with Crippen LogP contribution in [0.3, 0.4) is 0 Å². The van der Waals surface area contributed by atoms with Gasteiger partial charge in [-0.2, -0.15) is 0 Å². The molecular formula is C28H32N2O3S. The summed E-state index contributed by atoms with van der Waals surface area (Å²) in [6.45, 7) is 3.97. The minimum absolute atomic E-state index is 0.0599. The van der Waals surface area contributed by atoms with Crippen molar-refractivity contribution in [2.45, 2.75) is 58.5 Å². The van der Waals surface area contributed by atoms with Crippen LogP contribution in [0, 0.1) is 0 Å². The second kappa shape index (κ2) is 11.3. The van der Waals surface area contributed by atoms with Crippen LogP contribution in [0.5, 0.6) is 11.5 Å². The molecule has 1 amide bonds. The lowest BCUT2D eigenvalue weighted by Crippen LogP contribution is -2.14. The molecule has 178 valence electrons. The fourth-order valence-corrected chi connectivity index (χ4v) is 5.42. The molecule has 0 aliphatic heterocycles. The van der Waals surface area contributed by atoms with Crippen LogP contribution < -0.4 is 14.8 Å². The van der Waals surface area contributed by atoms with E-state index in [1.165, 1.54) is 23.3 Å². The molecule has 1 aromatic heterocycles. The van der Waals surface area contributed by atoms with Crippen LogP contribution in [0.1, 0.15) is 65.9 Å². The van der Waals surface area contributed by atoms with Crippen molar-refractivity contribution in [3.63, 3.8) is 0 Å². The maximum Gasteiger partial charge on any atom is 0.259 e. The van der Waals surface area contributed by atoms with Crippen LogP contribution in [-0.2, 0) is 12.8 Å². The number of rotatable bonds is 7. The molecule has 0 atom stereocenters. The number of aryl methyl sites for hydroxylation is 1. The van der Waals surface area contributed by atoms with Gasteiger partial charge < -0.3 is 14.8 Å². The molecule has 3 aromatic rings. The van der Waals surface area contributed by atoms with E-state index in [-0.39, 0.29) is 12.0 Å². The van der Waals surface area contributed by atoms with Crippen molar-refractivity contribution in [1.82, 2.24) is 0 Å². The summed E-state index contributed by atoms with van der Waals surface area (Å²) in [7, 11) is 1.63. The van der Waals surface area contributed by atoms with Gasteiger partial charge in [-0.1, -0.05) is 31.0 Å². The summed E-state index contributed by atoms with van der Waals surface area (Å²) in [5.41, 5.74) is 3.57. The molecule has 0 bridgehead atoms. The highest BCUT2D eigenvalue weighted by atomic mass is 32.1. The van der Waals surface area contributed by atoms with Gasteiger partial charge in [-0.15, -0.1) is 11.3 Å². The normalized spacial score (nSPS) is 13.9. The molecule has 2 aromatic carbocycles. The maximum absolute atomic E-state index is 13.4. The summed E-state index contributed by atoms with van der Waals surface area (Å²) >= 11 is 1.65. The third kappa shape index (κ3) is 5.86. The Labute approximate surface area is 205 Å². The quantitative estimate of drug-likeness (QED) is 0.367. The SMILES string of the molecule is COc1cc(C=Nc2sc3c(c2C(=O)Nc2ccccc2)CCCCCC3)ccc1OC(C)C. The Morgan fingerprint density at radius 3 is 2.53 bits per heavy atom. The van der Waals surface area contributed by atoms with E-state index in [4.69, 9.17) is 14.5 Å². The fourth-order valence-electron chi connectivity index (χ4n) is 4.19. The van der Waals surface area contributed by atoms with Gasteiger partial charge in [0.1, 0.15) is 5.00 Å². The fraction of sp³-hybridized carbons (Fsp3) is 0.357. The molecule has 0 unspecified atom stereocenters. The van der Waals surface area contributed by atoms with Crippen LogP contribution in [0.2, 0.25) is 0 Å². The maximum atomic E-state index is 13.4. The van der Waals surface area contributed by atoms with Crippen LogP contribution in [0.4, 0.5) is 10.7 Å². The van der Waals surface area contributed by atoms with Crippen LogP contribution in [0.25, 0.3) is 0 Å². The molecule has 4 rings (SSSR count). The highest BCUT2D eigenvalue weighted by Gasteiger charge is 2.24. The third-order valence-corrected chi connectivity index (χ3v) is 6.99. The summed E-state index contributed by atoms with van der Waals surface area (Å²) in [6, 6.07) is 15.4. The van der Waals surface area contributed by atoms with E-state index in [1.807, 2.05) is 62.4 Å². The number of aliphatic imine (C=N–C) groups is 1. The molecule has 0 fully saturated rings. The molecule has 1 heterocycles. The third-order valence-electron chi connectivity index (χ3n) is 5.79. The summed E-state index contributed by atoms with van der Waals surface area (Å²) in [4.78, 5) is 19.5. The first-order valence-electron chi connectivity index (χ1n) is 11.9. The molecule has 0 spiro atoms. The van der Waals surface area contributed by atoms with Crippen molar-refractivity contribution < 1.29 is 14.3 Å². The predicted molar refractivity (Wildman–Crippen MR) is 141 cm³/mol. The lowest BCUT2D eigenvalue weighted by Gasteiger charge is -2.13. The number of hydrogen-bond acceptors (Lipinski definition) is 5. The number of anilines is 1. The number of hydrogen-bond donors (Lipinski definition) is 1. The van der Waals surface area contributed by atoms with E-state index in [2.05, 4.69) is 5.32 Å². The first-order chi connectivity index (χ1) is 16.5. The number of nitrogens with one attached hydrogen (secondary N) is 1. The van der Waals surface area contributed by atoms with Gasteiger partial charge in [0.15, 0.2) is 11.5 Å². The average molecular weight is 477 g/mol. The highest BCUT2D eigenvalue weighted by molar-refractivity contribution is 7.16. The Morgan fingerprint density at radius 1 is 1.03 bits per heavy atom. The molecule has 6 heteroatoms. The standard InChI is InChI=1S/C28H32N2O3S/c1-19(2)33-23-16-15-20(17-24(23)32-3)18-29-28-26(27(31)30-21-11-7-6-8-12-21)22-13-9-4-5-10-14-25(22)34-28/h6-8,11-12,15-19H,4-5,9-10,13-14H2,1-3H3,(H,30,31). The van der Waals surface area contributed by atoms with Crippen LogP contribution in [-0.4, -0.2) is 25.3 Å². The van der Waals surface area contributed by atoms with E-state index < -0.39 is 0 Å². The molecule has 5 nitrogen and oxygen atoms in total. The molecule has 0 saturated carbocycles. The van der Waals surface area contributed by atoms with Gasteiger partial charge in [-0.25, -0.2) is 4.99 Å².